The number of nitrogens with zero attached hydrogens (tertiary/aromatic N) is 4. The van der Waals surface area contributed by atoms with Gasteiger partial charge in [0, 0.05) is 18.8 Å². The normalized spacial score (nSPS) is 13.4. The van der Waals surface area contributed by atoms with Gasteiger partial charge in [-0.2, -0.15) is 0 Å². The number of benzene rings is 3. The lowest BCUT2D eigenvalue weighted by molar-refractivity contribution is 0.818. The van der Waals surface area contributed by atoms with E-state index >= 15 is 0 Å². The summed E-state index contributed by atoms with van der Waals surface area (Å²) in [6, 6.07) is 21.2. The molecule has 0 aliphatic carbocycles. The van der Waals surface area contributed by atoms with Gasteiger partial charge in [0.1, 0.15) is 5.52 Å². The SMILES string of the molecule is Cc1cc(-n2nnc3ccccc32)cc(C)c1N1Cc2ccccc2C1. The predicted octanol–water partition coefficient (Wildman–Crippen LogP) is 4.56. The van der Waals surface area contributed by atoms with E-state index < -0.39 is 0 Å². The van der Waals surface area contributed by atoms with E-state index in [1.54, 1.807) is 0 Å². The first-order chi connectivity index (χ1) is 12.7. The highest BCUT2D eigenvalue weighted by Gasteiger charge is 2.22. The first-order valence-corrected chi connectivity index (χ1v) is 8.94. The molecule has 0 saturated heterocycles. The number of rotatable bonds is 2. The van der Waals surface area contributed by atoms with Gasteiger partial charge in [0.15, 0.2) is 0 Å². The van der Waals surface area contributed by atoms with Crippen molar-refractivity contribution in [1.29, 1.82) is 0 Å². The second kappa shape index (κ2) is 5.70. The average molecular weight is 340 g/mol. The van der Waals surface area contributed by atoms with Crippen LogP contribution in [0.5, 0.6) is 0 Å². The largest absolute Gasteiger partial charge is 0.362 e. The zero-order chi connectivity index (χ0) is 17.7. The van der Waals surface area contributed by atoms with E-state index in [-0.39, 0.29) is 0 Å². The van der Waals surface area contributed by atoms with Crippen molar-refractivity contribution >= 4 is 16.7 Å². The molecule has 1 aliphatic rings. The van der Waals surface area contributed by atoms with Gasteiger partial charge in [0.05, 0.1) is 11.2 Å². The van der Waals surface area contributed by atoms with E-state index in [4.69, 9.17) is 0 Å². The maximum atomic E-state index is 4.36. The molecule has 4 heteroatoms. The molecule has 5 rings (SSSR count). The Morgan fingerprint density at radius 1 is 0.808 bits per heavy atom. The van der Waals surface area contributed by atoms with E-state index in [0.29, 0.717) is 0 Å². The topological polar surface area (TPSA) is 34.0 Å². The molecule has 1 aliphatic heterocycles. The number of fused-ring (bicyclic) bond motifs is 2. The lowest BCUT2D eigenvalue weighted by Crippen LogP contribution is -2.17. The summed E-state index contributed by atoms with van der Waals surface area (Å²) >= 11 is 0. The summed E-state index contributed by atoms with van der Waals surface area (Å²) in [5.74, 6) is 0. The smallest absolute Gasteiger partial charge is 0.113 e. The third-order valence-electron chi connectivity index (χ3n) is 5.23. The zero-order valence-electron chi connectivity index (χ0n) is 15.0. The van der Waals surface area contributed by atoms with Crippen LogP contribution < -0.4 is 4.90 Å². The predicted molar refractivity (Wildman–Crippen MR) is 105 cm³/mol. The Hall–Kier alpha value is -3.14. The van der Waals surface area contributed by atoms with E-state index in [0.717, 1.165) is 29.8 Å². The number of aromatic nitrogens is 3. The van der Waals surface area contributed by atoms with Gasteiger partial charge in [-0.15, -0.1) is 5.10 Å². The van der Waals surface area contributed by atoms with Crippen molar-refractivity contribution in [3.8, 4) is 5.69 Å². The molecule has 0 N–H and O–H groups in total. The monoisotopic (exact) mass is 340 g/mol. The third-order valence-corrected chi connectivity index (χ3v) is 5.23. The first kappa shape index (κ1) is 15.1. The average Bonchev–Trinajstić information content (AvgIpc) is 3.25. The second-order valence-corrected chi connectivity index (χ2v) is 7.04. The number of aryl methyl sites for hydroxylation is 2. The van der Waals surface area contributed by atoms with Crippen LogP contribution >= 0.6 is 0 Å². The first-order valence-electron chi connectivity index (χ1n) is 8.94. The summed E-state index contributed by atoms with van der Waals surface area (Å²) in [4.78, 5) is 2.47. The van der Waals surface area contributed by atoms with Crippen LogP contribution in [0.3, 0.4) is 0 Å². The summed E-state index contributed by atoms with van der Waals surface area (Å²) < 4.78 is 1.93. The van der Waals surface area contributed by atoms with Crippen LogP contribution in [0.2, 0.25) is 0 Å². The fraction of sp³-hybridized carbons (Fsp3) is 0.182. The molecule has 0 radical (unpaired) electrons. The van der Waals surface area contributed by atoms with Crippen molar-refractivity contribution in [2.45, 2.75) is 26.9 Å². The highest BCUT2D eigenvalue weighted by Crippen LogP contribution is 2.34. The lowest BCUT2D eigenvalue weighted by Gasteiger charge is -2.23. The molecule has 26 heavy (non-hydrogen) atoms. The van der Waals surface area contributed by atoms with Gasteiger partial charge in [-0.05, 0) is 60.4 Å². The van der Waals surface area contributed by atoms with Gasteiger partial charge in [-0.3, -0.25) is 0 Å². The summed E-state index contributed by atoms with van der Waals surface area (Å²) in [6.45, 7) is 6.33. The molecule has 0 saturated carbocycles. The van der Waals surface area contributed by atoms with Crippen LogP contribution in [0, 0.1) is 13.8 Å². The fourth-order valence-corrected chi connectivity index (χ4v) is 4.11. The number of hydrogen-bond acceptors (Lipinski definition) is 3. The Bertz CT molecular complexity index is 1080. The van der Waals surface area contributed by atoms with Crippen molar-refractivity contribution in [1.82, 2.24) is 15.0 Å². The van der Waals surface area contributed by atoms with E-state index in [2.05, 4.69) is 71.5 Å². The molecule has 2 heterocycles. The van der Waals surface area contributed by atoms with Crippen LogP contribution in [-0.4, -0.2) is 15.0 Å². The quantitative estimate of drug-likeness (QED) is 0.536. The van der Waals surface area contributed by atoms with Crippen molar-refractivity contribution in [3.05, 3.63) is 82.9 Å². The maximum Gasteiger partial charge on any atom is 0.113 e. The standard InChI is InChI=1S/C22H20N4/c1-15-11-19(26-21-10-6-5-9-20(21)23-24-26)12-16(2)22(15)25-13-17-7-3-4-8-18(17)14-25/h3-12H,13-14H2,1-2H3. The molecule has 4 nitrogen and oxygen atoms in total. The molecule has 0 fully saturated rings. The van der Waals surface area contributed by atoms with Crippen LogP contribution in [-0.2, 0) is 13.1 Å². The van der Waals surface area contributed by atoms with Crippen LogP contribution in [0.15, 0.2) is 60.7 Å². The van der Waals surface area contributed by atoms with Gasteiger partial charge in [-0.25, -0.2) is 4.68 Å². The summed E-state index contributed by atoms with van der Waals surface area (Å²) in [5, 5.41) is 8.64. The Morgan fingerprint density at radius 3 is 2.12 bits per heavy atom. The highest BCUT2D eigenvalue weighted by atomic mass is 15.4. The molecule has 0 spiro atoms. The van der Waals surface area contributed by atoms with Gasteiger partial charge in [0.25, 0.3) is 0 Å². The van der Waals surface area contributed by atoms with Crippen molar-refractivity contribution in [3.63, 3.8) is 0 Å². The van der Waals surface area contributed by atoms with E-state index in [1.165, 1.54) is 27.9 Å². The van der Waals surface area contributed by atoms with E-state index in [1.807, 2.05) is 22.9 Å². The second-order valence-electron chi connectivity index (χ2n) is 7.04. The van der Waals surface area contributed by atoms with Crippen molar-refractivity contribution in [2.75, 3.05) is 4.90 Å². The Labute approximate surface area is 152 Å². The minimum absolute atomic E-state index is 0.918. The van der Waals surface area contributed by atoms with Crippen molar-refractivity contribution in [2.24, 2.45) is 0 Å². The third kappa shape index (κ3) is 2.30. The maximum absolute atomic E-state index is 4.36. The number of para-hydroxylation sites is 1. The molecule has 0 amide bonds. The van der Waals surface area contributed by atoms with Gasteiger partial charge in [0.2, 0.25) is 0 Å². The molecular weight excluding hydrogens is 320 g/mol. The lowest BCUT2D eigenvalue weighted by atomic mass is 10.1. The summed E-state index contributed by atoms with van der Waals surface area (Å²) in [6.07, 6.45) is 0. The number of anilines is 1. The number of hydrogen-bond donors (Lipinski definition) is 0. The van der Waals surface area contributed by atoms with Crippen LogP contribution in [0.25, 0.3) is 16.7 Å². The minimum atomic E-state index is 0.918. The van der Waals surface area contributed by atoms with Gasteiger partial charge < -0.3 is 4.90 Å². The minimum Gasteiger partial charge on any atom is -0.362 e. The summed E-state index contributed by atoms with van der Waals surface area (Å²) in [5.41, 5.74) is 9.74. The van der Waals surface area contributed by atoms with Gasteiger partial charge >= 0.3 is 0 Å². The molecule has 128 valence electrons. The Balaban J connectivity index is 1.57. The van der Waals surface area contributed by atoms with Gasteiger partial charge in [-0.1, -0.05) is 41.6 Å². The Morgan fingerprint density at radius 2 is 1.42 bits per heavy atom. The molecule has 0 bridgehead atoms. The molecule has 4 aromatic rings. The Kier molecular flexibility index (Phi) is 3.32. The summed E-state index contributed by atoms with van der Waals surface area (Å²) in [7, 11) is 0. The van der Waals surface area contributed by atoms with Crippen molar-refractivity contribution < 1.29 is 0 Å². The van der Waals surface area contributed by atoms with E-state index in [9.17, 15) is 0 Å². The molecule has 3 aromatic carbocycles. The fourth-order valence-electron chi connectivity index (χ4n) is 4.11. The highest BCUT2D eigenvalue weighted by molar-refractivity contribution is 5.76. The molecular formula is C22H20N4. The molecule has 0 atom stereocenters. The van der Waals surface area contributed by atoms with Crippen LogP contribution in [0.1, 0.15) is 22.3 Å². The zero-order valence-corrected chi connectivity index (χ0v) is 15.0. The molecule has 1 aromatic heterocycles. The molecule has 0 unspecified atom stereocenters. The van der Waals surface area contributed by atoms with Crippen LogP contribution in [0.4, 0.5) is 5.69 Å².